The summed E-state index contributed by atoms with van der Waals surface area (Å²) in [6, 6.07) is 3.27. The first kappa shape index (κ1) is 13.0. The Bertz CT molecular complexity index is 348. The molecule has 0 amide bonds. The smallest absolute Gasteiger partial charge is 0.0762 e. The molecule has 0 bridgehead atoms. The molecule has 1 saturated carbocycles. The van der Waals surface area contributed by atoms with Crippen molar-refractivity contribution in [2.24, 2.45) is 0 Å². The Hall–Kier alpha value is -0.480. The minimum absolute atomic E-state index is 0.455. The molecule has 0 saturated heterocycles. The van der Waals surface area contributed by atoms with Crippen molar-refractivity contribution < 1.29 is 0 Å². The van der Waals surface area contributed by atoms with Gasteiger partial charge in [0.1, 0.15) is 0 Å². The highest BCUT2D eigenvalue weighted by Gasteiger charge is 2.23. The lowest BCUT2D eigenvalue weighted by Crippen LogP contribution is -2.26. The van der Waals surface area contributed by atoms with Gasteiger partial charge in [0.25, 0.3) is 0 Å². The van der Waals surface area contributed by atoms with E-state index in [1.54, 1.807) is 0 Å². The summed E-state index contributed by atoms with van der Waals surface area (Å²) in [6.45, 7) is 5.22. The van der Waals surface area contributed by atoms with Crippen molar-refractivity contribution in [3.8, 4) is 0 Å². The largest absolute Gasteiger partial charge is 0.308 e. The Morgan fingerprint density at radius 2 is 2.35 bits per heavy atom. The maximum absolute atomic E-state index is 4.56. The fraction of sp³-hybridized carbons (Fsp3) is 0.769. The van der Waals surface area contributed by atoms with Crippen LogP contribution in [0.4, 0.5) is 0 Å². The van der Waals surface area contributed by atoms with E-state index in [-0.39, 0.29) is 0 Å². The van der Waals surface area contributed by atoms with Crippen LogP contribution in [0.1, 0.15) is 44.8 Å². The number of hydrogen-bond donors (Lipinski definition) is 1. The van der Waals surface area contributed by atoms with Gasteiger partial charge in [-0.25, -0.2) is 0 Å². The van der Waals surface area contributed by atoms with Crippen LogP contribution < -0.4 is 5.32 Å². The number of hydrogen-bond acceptors (Lipinski definition) is 3. The van der Waals surface area contributed by atoms with Crippen molar-refractivity contribution in [3.63, 3.8) is 0 Å². The lowest BCUT2D eigenvalue weighted by Gasteiger charge is -2.11. The fourth-order valence-electron chi connectivity index (χ4n) is 2.35. The average Bonchev–Trinajstić information content (AvgIpc) is 2.95. The molecule has 1 N–H and O–H groups in total. The monoisotopic (exact) mass is 253 g/mol. The van der Waals surface area contributed by atoms with Crippen LogP contribution in [0.5, 0.6) is 0 Å². The minimum Gasteiger partial charge on any atom is -0.308 e. The average molecular weight is 253 g/mol. The van der Waals surface area contributed by atoms with Crippen molar-refractivity contribution in [1.29, 1.82) is 0 Å². The SMILES string of the molecule is CSC1CCC(NCc2ccn(C(C)C)n2)C1. The highest BCUT2D eigenvalue weighted by atomic mass is 32.2. The lowest BCUT2D eigenvalue weighted by molar-refractivity contribution is 0.497. The molecule has 17 heavy (non-hydrogen) atoms. The molecule has 1 fully saturated rings. The van der Waals surface area contributed by atoms with Crippen LogP contribution in [-0.2, 0) is 6.54 Å². The zero-order valence-corrected chi connectivity index (χ0v) is 11.8. The van der Waals surface area contributed by atoms with Crippen molar-refractivity contribution in [3.05, 3.63) is 18.0 Å². The third-order valence-corrected chi connectivity index (χ3v) is 4.58. The van der Waals surface area contributed by atoms with E-state index in [9.17, 15) is 0 Å². The Morgan fingerprint density at radius 3 is 2.94 bits per heavy atom. The normalized spacial score (nSPS) is 24.7. The molecule has 1 aromatic heterocycles. The third kappa shape index (κ3) is 3.49. The Kier molecular flexibility index (Phi) is 4.51. The molecule has 2 atom stereocenters. The van der Waals surface area contributed by atoms with Gasteiger partial charge in [0.05, 0.1) is 5.69 Å². The van der Waals surface area contributed by atoms with Crippen LogP contribution in [0, 0.1) is 0 Å². The summed E-state index contributed by atoms with van der Waals surface area (Å²) in [7, 11) is 0. The summed E-state index contributed by atoms with van der Waals surface area (Å²) in [6.07, 6.45) is 8.28. The van der Waals surface area contributed by atoms with Gasteiger partial charge in [-0.2, -0.15) is 16.9 Å². The molecular weight excluding hydrogens is 230 g/mol. The van der Waals surface area contributed by atoms with Crippen LogP contribution in [0.15, 0.2) is 12.3 Å². The zero-order chi connectivity index (χ0) is 12.3. The maximum atomic E-state index is 4.56. The molecule has 2 rings (SSSR count). The number of aromatic nitrogens is 2. The molecule has 0 radical (unpaired) electrons. The highest BCUT2D eigenvalue weighted by molar-refractivity contribution is 7.99. The van der Waals surface area contributed by atoms with E-state index in [4.69, 9.17) is 0 Å². The van der Waals surface area contributed by atoms with E-state index in [1.165, 1.54) is 19.3 Å². The number of nitrogens with one attached hydrogen (secondary N) is 1. The predicted octanol–water partition coefficient (Wildman–Crippen LogP) is 2.84. The van der Waals surface area contributed by atoms with Gasteiger partial charge in [-0.3, -0.25) is 4.68 Å². The van der Waals surface area contributed by atoms with Gasteiger partial charge in [0.2, 0.25) is 0 Å². The van der Waals surface area contributed by atoms with E-state index in [2.05, 4.69) is 42.8 Å². The first-order chi connectivity index (χ1) is 8.19. The molecule has 1 heterocycles. The van der Waals surface area contributed by atoms with Crippen LogP contribution in [0.25, 0.3) is 0 Å². The standard InChI is InChI=1S/C13H23N3S/c1-10(2)16-7-6-12(15-16)9-14-11-4-5-13(8-11)17-3/h6-7,10-11,13-14H,4-5,8-9H2,1-3H3. The van der Waals surface area contributed by atoms with Gasteiger partial charge < -0.3 is 5.32 Å². The maximum Gasteiger partial charge on any atom is 0.0762 e. The van der Waals surface area contributed by atoms with Crippen molar-refractivity contribution >= 4 is 11.8 Å². The molecule has 0 aromatic carbocycles. The Morgan fingerprint density at radius 1 is 1.53 bits per heavy atom. The zero-order valence-electron chi connectivity index (χ0n) is 11.0. The third-order valence-electron chi connectivity index (χ3n) is 3.48. The van der Waals surface area contributed by atoms with E-state index in [0.717, 1.165) is 17.5 Å². The highest BCUT2D eigenvalue weighted by Crippen LogP contribution is 2.28. The van der Waals surface area contributed by atoms with E-state index in [1.807, 2.05) is 16.4 Å². The first-order valence-corrected chi connectivity index (χ1v) is 7.78. The first-order valence-electron chi connectivity index (χ1n) is 6.49. The van der Waals surface area contributed by atoms with Gasteiger partial charge in [0.15, 0.2) is 0 Å². The van der Waals surface area contributed by atoms with Crippen LogP contribution >= 0.6 is 11.8 Å². The second kappa shape index (κ2) is 5.91. The van der Waals surface area contributed by atoms with Crippen LogP contribution in [0.2, 0.25) is 0 Å². The van der Waals surface area contributed by atoms with Crippen LogP contribution in [-0.4, -0.2) is 27.3 Å². The van der Waals surface area contributed by atoms with E-state index in [0.29, 0.717) is 12.1 Å². The molecule has 4 heteroatoms. The topological polar surface area (TPSA) is 29.9 Å². The number of rotatable bonds is 5. The predicted molar refractivity (Wildman–Crippen MR) is 74.4 cm³/mol. The molecule has 0 aliphatic heterocycles. The minimum atomic E-state index is 0.455. The van der Waals surface area contributed by atoms with Gasteiger partial charge >= 0.3 is 0 Å². The Labute approximate surface area is 108 Å². The van der Waals surface area contributed by atoms with Crippen molar-refractivity contribution in [2.45, 2.75) is 57.0 Å². The summed E-state index contributed by atoms with van der Waals surface area (Å²) in [5, 5.41) is 9.05. The number of thioether (sulfide) groups is 1. The molecule has 96 valence electrons. The van der Waals surface area contributed by atoms with Gasteiger partial charge in [-0.05, 0) is 45.4 Å². The Balaban J connectivity index is 1.78. The van der Waals surface area contributed by atoms with Gasteiger partial charge in [-0.1, -0.05) is 0 Å². The summed E-state index contributed by atoms with van der Waals surface area (Å²) in [5.41, 5.74) is 1.16. The summed E-state index contributed by atoms with van der Waals surface area (Å²) < 4.78 is 2.02. The summed E-state index contributed by atoms with van der Waals surface area (Å²) in [4.78, 5) is 0. The second-order valence-electron chi connectivity index (χ2n) is 5.13. The molecule has 1 aliphatic carbocycles. The molecule has 2 unspecified atom stereocenters. The van der Waals surface area contributed by atoms with Gasteiger partial charge in [-0.15, -0.1) is 0 Å². The molecule has 1 aromatic rings. The second-order valence-corrected chi connectivity index (χ2v) is 6.27. The summed E-state index contributed by atoms with van der Waals surface area (Å²) in [5.74, 6) is 0. The van der Waals surface area contributed by atoms with Crippen molar-refractivity contribution in [1.82, 2.24) is 15.1 Å². The fourth-order valence-corrected chi connectivity index (χ4v) is 3.14. The van der Waals surface area contributed by atoms with Gasteiger partial charge in [0, 0.05) is 30.1 Å². The van der Waals surface area contributed by atoms with E-state index >= 15 is 0 Å². The quantitative estimate of drug-likeness (QED) is 0.875. The lowest BCUT2D eigenvalue weighted by atomic mass is 10.2. The molecule has 1 aliphatic rings. The van der Waals surface area contributed by atoms with Crippen LogP contribution in [0.3, 0.4) is 0 Å². The molecular formula is C13H23N3S. The summed E-state index contributed by atoms with van der Waals surface area (Å²) >= 11 is 2.01. The molecule has 3 nitrogen and oxygen atoms in total. The molecule has 0 spiro atoms. The van der Waals surface area contributed by atoms with Crippen molar-refractivity contribution in [2.75, 3.05) is 6.26 Å². The van der Waals surface area contributed by atoms with E-state index < -0.39 is 0 Å². The number of nitrogens with zero attached hydrogens (tertiary/aromatic N) is 2.